The van der Waals surface area contributed by atoms with Gasteiger partial charge in [0, 0.05) is 48.9 Å². The molecule has 0 N–H and O–H groups in total. The van der Waals surface area contributed by atoms with E-state index in [2.05, 4.69) is 0 Å². The van der Waals surface area contributed by atoms with Crippen LogP contribution in [-0.2, 0) is 28.2 Å². The molecule has 0 saturated carbocycles. The van der Waals surface area contributed by atoms with Crippen molar-refractivity contribution in [3.05, 3.63) is 57.6 Å². The van der Waals surface area contributed by atoms with Gasteiger partial charge in [0.25, 0.3) is 0 Å². The third-order valence-electron chi connectivity index (χ3n) is 4.93. The van der Waals surface area contributed by atoms with E-state index in [1.54, 1.807) is 64.1 Å². The molecule has 0 aliphatic carbocycles. The average Bonchev–Trinajstić information content (AvgIpc) is 2.70. The van der Waals surface area contributed by atoms with Gasteiger partial charge in [-0.3, -0.25) is 0 Å². The van der Waals surface area contributed by atoms with Gasteiger partial charge in [0.1, 0.15) is 23.7 Å². The molecule has 2 unspecified atom stereocenters. The quantitative estimate of drug-likeness (QED) is 0.505. The van der Waals surface area contributed by atoms with Crippen LogP contribution in [0.1, 0.15) is 51.0 Å². The minimum absolute atomic E-state index is 0.328. The van der Waals surface area contributed by atoms with Gasteiger partial charge >= 0.3 is 10.4 Å². The maximum Gasteiger partial charge on any atom is 0.400 e. The summed E-state index contributed by atoms with van der Waals surface area (Å²) in [6.07, 6.45) is -1.47. The molecule has 2 atom stereocenters. The minimum atomic E-state index is -4.39. The normalized spacial score (nSPS) is 23.1. The van der Waals surface area contributed by atoms with Gasteiger partial charge in [0.05, 0.1) is 13.2 Å². The summed E-state index contributed by atoms with van der Waals surface area (Å²) >= 11 is 12.2. The first-order valence-corrected chi connectivity index (χ1v) is 12.3. The van der Waals surface area contributed by atoms with Crippen LogP contribution in [0.2, 0.25) is 10.0 Å². The highest BCUT2D eigenvalue weighted by Crippen LogP contribution is 2.41. The van der Waals surface area contributed by atoms with Crippen molar-refractivity contribution in [2.75, 3.05) is 13.2 Å². The Bertz CT molecular complexity index is 1070. The van der Waals surface area contributed by atoms with Crippen molar-refractivity contribution in [2.24, 2.45) is 0 Å². The van der Waals surface area contributed by atoms with E-state index in [0.29, 0.717) is 32.7 Å². The van der Waals surface area contributed by atoms with Crippen LogP contribution in [0, 0.1) is 0 Å². The fourth-order valence-corrected chi connectivity index (χ4v) is 4.70. The van der Waals surface area contributed by atoms with E-state index in [9.17, 15) is 8.42 Å². The molecule has 11 heteroatoms. The molecule has 2 aromatic rings. The molecule has 8 nitrogen and oxygen atoms in total. The third kappa shape index (κ3) is 5.92. The van der Waals surface area contributed by atoms with Gasteiger partial charge in [0.15, 0.2) is 0 Å². The van der Waals surface area contributed by atoms with E-state index in [0.717, 1.165) is 0 Å². The third-order valence-corrected chi connectivity index (χ3v) is 6.25. The second-order valence-corrected chi connectivity index (χ2v) is 10.7. The first kappa shape index (κ1) is 24.5. The standard InChI is InChI=1S/C22H24Cl2O8S/c1-21(2)29-17-7-5-13(23)9-15(17)19(31-21)11-27-33(25,26)28-12-20-16-10-14(24)6-8-18(16)30-22(3,4)32-20/h5-10,19-20H,11-12H2,1-4H3. The van der Waals surface area contributed by atoms with E-state index in [4.69, 9.17) is 50.5 Å². The summed E-state index contributed by atoms with van der Waals surface area (Å²) in [7, 11) is -4.39. The van der Waals surface area contributed by atoms with Gasteiger partial charge in [-0.1, -0.05) is 23.2 Å². The van der Waals surface area contributed by atoms with Crippen LogP contribution < -0.4 is 9.47 Å². The second-order valence-electron chi connectivity index (χ2n) is 8.56. The Hall–Kier alpha value is -1.59. The SMILES string of the molecule is CC1(C)Oc2ccc(Cl)cc2C(COS(=O)(=O)OCC2OC(C)(C)Oc3ccc(Cl)cc32)O1. The molecule has 4 rings (SSSR count). The summed E-state index contributed by atoms with van der Waals surface area (Å²) in [6, 6.07) is 10.1. The molecule has 0 bridgehead atoms. The summed E-state index contributed by atoms with van der Waals surface area (Å²) in [6.45, 7) is 6.21. The first-order valence-electron chi connectivity index (χ1n) is 10.2. The Morgan fingerprint density at radius 3 is 1.58 bits per heavy atom. The van der Waals surface area contributed by atoms with Gasteiger partial charge in [-0.25, -0.2) is 8.37 Å². The van der Waals surface area contributed by atoms with Crippen LogP contribution in [0.4, 0.5) is 0 Å². The summed E-state index contributed by atoms with van der Waals surface area (Å²) in [5, 5.41) is 0.919. The number of hydrogen-bond acceptors (Lipinski definition) is 8. The number of halogens is 2. The number of benzene rings is 2. The monoisotopic (exact) mass is 518 g/mol. The molecule has 0 spiro atoms. The predicted molar refractivity (Wildman–Crippen MR) is 121 cm³/mol. The lowest BCUT2D eigenvalue weighted by atomic mass is 10.1. The van der Waals surface area contributed by atoms with Crippen LogP contribution in [0.25, 0.3) is 0 Å². The zero-order valence-corrected chi connectivity index (χ0v) is 20.8. The summed E-state index contributed by atoms with van der Waals surface area (Å²) < 4.78 is 58.5. The molecule has 0 amide bonds. The highest BCUT2D eigenvalue weighted by Gasteiger charge is 2.37. The fraction of sp³-hybridized carbons (Fsp3) is 0.455. The number of rotatable bonds is 6. The molecule has 0 aromatic heterocycles. The van der Waals surface area contributed by atoms with Gasteiger partial charge in [-0.15, -0.1) is 0 Å². The van der Waals surface area contributed by atoms with E-state index in [-0.39, 0.29) is 13.2 Å². The lowest BCUT2D eigenvalue weighted by Crippen LogP contribution is -2.40. The van der Waals surface area contributed by atoms with Crippen LogP contribution in [0.3, 0.4) is 0 Å². The number of fused-ring (bicyclic) bond motifs is 2. The molecule has 33 heavy (non-hydrogen) atoms. The van der Waals surface area contributed by atoms with Crippen LogP contribution in [-0.4, -0.2) is 33.2 Å². The number of hydrogen-bond donors (Lipinski definition) is 0. The molecule has 0 saturated heterocycles. The highest BCUT2D eigenvalue weighted by atomic mass is 35.5. The highest BCUT2D eigenvalue weighted by molar-refractivity contribution is 7.81. The van der Waals surface area contributed by atoms with Crippen molar-refractivity contribution >= 4 is 33.6 Å². The first-order chi connectivity index (χ1) is 15.3. The summed E-state index contributed by atoms with van der Waals surface area (Å²) in [5.41, 5.74) is 1.16. The predicted octanol–water partition coefficient (Wildman–Crippen LogP) is 5.34. The van der Waals surface area contributed by atoms with Crippen LogP contribution >= 0.6 is 23.2 Å². The molecular weight excluding hydrogens is 495 g/mol. The second kappa shape index (κ2) is 8.88. The van der Waals surface area contributed by atoms with E-state index in [1.165, 1.54) is 0 Å². The Kier molecular flexibility index (Phi) is 6.60. The summed E-state index contributed by atoms with van der Waals surface area (Å²) in [4.78, 5) is 0. The maximum absolute atomic E-state index is 12.5. The molecule has 180 valence electrons. The Balaban J connectivity index is 1.45. The molecule has 2 aliphatic rings. The van der Waals surface area contributed by atoms with Crippen molar-refractivity contribution in [3.63, 3.8) is 0 Å². The van der Waals surface area contributed by atoms with E-state index >= 15 is 0 Å². The molecule has 2 aliphatic heterocycles. The largest absolute Gasteiger partial charge is 0.463 e. The lowest BCUT2D eigenvalue weighted by molar-refractivity contribution is -0.215. The van der Waals surface area contributed by atoms with Crippen molar-refractivity contribution < 1.29 is 35.7 Å². The molecule has 0 radical (unpaired) electrons. The van der Waals surface area contributed by atoms with Crippen LogP contribution in [0.15, 0.2) is 36.4 Å². The molecule has 0 fully saturated rings. The molecular formula is C22H24Cl2O8S. The van der Waals surface area contributed by atoms with E-state index < -0.39 is 34.2 Å². The van der Waals surface area contributed by atoms with Crippen LogP contribution in [0.5, 0.6) is 11.5 Å². The zero-order valence-electron chi connectivity index (χ0n) is 18.5. The van der Waals surface area contributed by atoms with Gasteiger partial charge in [0.2, 0.25) is 11.6 Å². The molecule has 2 aromatic carbocycles. The smallest absolute Gasteiger partial charge is 0.400 e. The van der Waals surface area contributed by atoms with Gasteiger partial charge < -0.3 is 18.9 Å². The Morgan fingerprint density at radius 2 is 1.18 bits per heavy atom. The maximum atomic E-state index is 12.5. The Morgan fingerprint density at radius 1 is 0.788 bits per heavy atom. The topological polar surface area (TPSA) is 89.5 Å². The average molecular weight is 519 g/mol. The van der Waals surface area contributed by atoms with Crippen molar-refractivity contribution in [2.45, 2.75) is 51.5 Å². The van der Waals surface area contributed by atoms with Gasteiger partial charge in [-0.2, -0.15) is 8.42 Å². The number of ether oxygens (including phenoxy) is 4. The Labute approximate surface area is 202 Å². The minimum Gasteiger partial charge on any atom is -0.463 e. The zero-order chi connectivity index (χ0) is 24.0. The van der Waals surface area contributed by atoms with Crippen molar-refractivity contribution in [1.29, 1.82) is 0 Å². The van der Waals surface area contributed by atoms with Gasteiger partial charge in [-0.05, 0) is 36.4 Å². The van der Waals surface area contributed by atoms with Crippen molar-refractivity contribution in [1.82, 2.24) is 0 Å². The van der Waals surface area contributed by atoms with Crippen molar-refractivity contribution in [3.8, 4) is 11.5 Å². The lowest BCUT2D eigenvalue weighted by Gasteiger charge is -2.38. The molecule has 2 heterocycles. The summed E-state index contributed by atoms with van der Waals surface area (Å²) in [5.74, 6) is -0.892. The van der Waals surface area contributed by atoms with E-state index in [1.807, 2.05) is 0 Å². The fourth-order valence-electron chi connectivity index (χ4n) is 3.69.